The third-order valence-electron chi connectivity index (χ3n) is 5.06. The van der Waals surface area contributed by atoms with Crippen LogP contribution in [0.2, 0.25) is 0 Å². The molecule has 1 aromatic heterocycles. The third-order valence-corrected chi connectivity index (χ3v) is 5.06. The molecule has 1 fully saturated rings. The molecule has 30 heavy (non-hydrogen) atoms. The molecule has 1 aliphatic heterocycles. The van der Waals surface area contributed by atoms with Crippen LogP contribution in [0.5, 0.6) is 0 Å². The Morgan fingerprint density at radius 3 is 2.57 bits per heavy atom. The van der Waals surface area contributed by atoms with Gasteiger partial charge in [-0.1, -0.05) is 31.1 Å². The molecule has 2 heterocycles. The van der Waals surface area contributed by atoms with Gasteiger partial charge in [0.2, 0.25) is 5.89 Å². The maximum Gasteiger partial charge on any atom is 0.228 e. The Bertz CT molecular complexity index is 802. The molecule has 0 amide bonds. The van der Waals surface area contributed by atoms with Crippen LogP contribution < -0.4 is 10.6 Å². The molecule has 0 bridgehead atoms. The number of benzene rings is 1. The molecule has 0 aliphatic carbocycles. The summed E-state index contributed by atoms with van der Waals surface area (Å²) < 4.78 is 24.2. The number of halogens is 1. The van der Waals surface area contributed by atoms with Crippen molar-refractivity contribution in [3.8, 4) is 0 Å². The number of guanidine groups is 1. The van der Waals surface area contributed by atoms with E-state index in [0.29, 0.717) is 44.6 Å². The molecule has 8 nitrogen and oxygen atoms in total. The van der Waals surface area contributed by atoms with Crippen LogP contribution in [0.4, 0.5) is 4.39 Å². The molecule has 1 saturated heterocycles. The maximum atomic E-state index is 13.4. The zero-order valence-electron chi connectivity index (χ0n) is 17.9. The van der Waals surface area contributed by atoms with Crippen LogP contribution >= 0.6 is 0 Å². The second-order valence-corrected chi connectivity index (χ2v) is 7.55. The van der Waals surface area contributed by atoms with Crippen LogP contribution in [-0.4, -0.2) is 67.4 Å². The molecule has 0 saturated carbocycles. The Hall–Kier alpha value is -2.52. The molecule has 1 atom stereocenters. The van der Waals surface area contributed by atoms with E-state index >= 15 is 0 Å². The van der Waals surface area contributed by atoms with Gasteiger partial charge in [0.15, 0.2) is 11.8 Å². The fourth-order valence-corrected chi connectivity index (χ4v) is 3.34. The number of hydrogen-bond donors (Lipinski definition) is 2. The van der Waals surface area contributed by atoms with Gasteiger partial charge in [-0.05, 0) is 17.7 Å². The average Bonchev–Trinajstić information content (AvgIpc) is 3.24. The van der Waals surface area contributed by atoms with E-state index in [1.807, 2.05) is 26.0 Å². The lowest BCUT2D eigenvalue weighted by molar-refractivity contribution is 0.0170. The summed E-state index contributed by atoms with van der Waals surface area (Å²) in [5, 5.41) is 10.7. The van der Waals surface area contributed by atoms with E-state index in [1.165, 1.54) is 12.1 Å². The van der Waals surface area contributed by atoms with Crippen molar-refractivity contribution in [2.24, 2.45) is 4.99 Å². The molecule has 2 aromatic rings. The second kappa shape index (κ2) is 11.0. The fourth-order valence-electron chi connectivity index (χ4n) is 3.34. The van der Waals surface area contributed by atoms with E-state index in [-0.39, 0.29) is 17.8 Å². The quantitative estimate of drug-likeness (QED) is 0.501. The molecule has 9 heteroatoms. The van der Waals surface area contributed by atoms with Crippen molar-refractivity contribution < 1.29 is 13.7 Å². The first-order valence-corrected chi connectivity index (χ1v) is 10.4. The smallest absolute Gasteiger partial charge is 0.228 e. The lowest BCUT2D eigenvalue weighted by Crippen LogP contribution is -2.46. The van der Waals surface area contributed by atoms with E-state index in [2.05, 4.69) is 30.7 Å². The number of ether oxygens (including phenoxy) is 1. The van der Waals surface area contributed by atoms with E-state index in [1.54, 1.807) is 7.05 Å². The van der Waals surface area contributed by atoms with Crippen molar-refractivity contribution >= 4 is 5.96 Å². The Labute approximate surface area is 176 Å². The van der Waals surface area contributed by atoms with Crippen molar-refractivity contribution in [3.63, 3.8) is 0 Å². The van der Waals surface area contributed by atoms with Gasteiger partial charge in [-0.3, -0.25) is 9.89 Å². The van der Waals surface area contributed by atoms with Gasteiger partial charge in [0.25, 0.3) is 0 Å². The van der Waals surface area contributed by atoms with Gasteiger partial charge in [0, 0.05) is 45.6 Å². The van der Waals surface area contributed by atoms with Gasteiger partial charge in [0.05, 0.1) is 19.3 Å². The largest absolute Gasteiger partial charge is 0.379 e. The van der Waals surface area contributed by atoms with E-state index < -0.39 is 0 Å². The zero-order valence-corrected chi connectivity index (χ0v) is 17.9. The van der Waals surface area contributed by atoms with Crippen LogP contribution in [0.25, 0.3) is 0 Å². The number of nitrogens with zero attached hydrogens (tertiary/aromatic N) is 4. The topological polar surface area (TPSA) is 87.8 Å². The highest BCUT2D eigenvalue weighted by atomic mass is 19.1. The first kappa shape index (κ1) is 22.2. The lowest BCUT2D eigenvalue weighted by Gasteiger charge is -2.35. The Morgan fingerprint density at radius 2 is 1.93 bits per heavy atom. The van der Waals surface area contributed by atoms with E-state index in [9.17, 15) is 4.39 Å². The van der Waals surface area contributed by atoms with Gasteiger partial charge in [-0.15, -0.1) is 0 Å². The molecule has 0 radical (unpaired) electrons. The highest BCUT2D eigenvalue weighted by Crippen LogP contribution is 2.21. The zero-order chi connectivity index (χ0) is 21.3. The molecule has 2 N–H and O–H groups in total. The second-order valence-electron chi connectivity index (χ2n) is 7.55. The number of nitrogens with one attached hydrogen (secondary N) is 2. The van der Waals surface area contributed by atoms with Gasteiger partial charge < -0.3 is 19.9 Å². The number of morpholine rings is 1. The summed E-state index contributed by atoms with van der Waals surface area (Å²) in [5.41, 5.74) is 1.06. The number of hydrogen-bond acceptors (Lipinski definition) is 6. The summed E-state index contributed by atoms with van der Waals surface area (Å²) in [6.45, 7) is 8.41. The Kier molecular flexibility index (Phi) is 8.15. The minimum Gasteiger partial charge on any atom is -0.379 e. The van der Waals surface area contributed by atoms with Crippen molar-refractivity contribution in [2.45, 2.75) is 32.2 Å². The number of aliphatic imine (C=N–C) groups is 1. The summed E-state index contributed by atoms with van der Waals surface area (Å²) in [6.07, 6.45) is 0.616. The normalized spacial score (nSPS) is 16.6. The predicted octanol–water partition coefficient (Wildman–Crippen LogP) is 2.11. The van der Waals surface area contributed by atoms with Crippen LogP contribution in [0.3, 0.4) is 0 Å². The molecule has 0 spiro atoms. The molecular formula is C21H31FN6O2. The van der Waals surface area contributed by atoms with Gasteiger partial charge in [0.1, 0.15) is 5.82 Å². The third kappa shape index (κ3) is 6.24. The molecule has 1 aliphatic rings. The van der Waals surface area contributed by atoms with E-state index in [0.717, 1.165) is 24.5 Å². The lowest BCUT2D eigenvalue weighted by atomic mass is 10.0. The number of aromatic nitrogens is 2. The molecule has 3 rings (SSSR count). The van der Waals surface area contributed by atoms with Gasteiger partial charge >= 0.3 is 0 Å². The Morgan fingerprint density at radius 1 is 1.20 bits per heavy atom. The van der Waals surface area contributed by atoms with Crippen LogP contribution in [0, 0.1) is 5.82 Å². The van der Waals surface area contributed by atoms with Gasteiger partial charge in [-0.2, -0.15) is 4.98 Å². The van der Waals surface area contributed by atoms with Crippen molar-refractivity contribution in [1.29, 1.82) is 0 Å². The monoisotopic (exact) mass is 418 g/mol. The highest BCUT2D eigenvalue weighted by molar-refractivity contribution is 5.79. The van der Waals surface area contributed by atoms with Crippen molar-refractivity contribution in [3.05, 3.63) is 47.4 Å². The minimum atomic E-state index is -0.230. The van der Waals surface area contributed by atoms with E-state index in [4.69, 9.17) is 9.26 Å². The standard InChI is InChI=1S/C21H31FN6O2/c1-15(2)20-26-19(30-27-20)8-9-24-21(23-3)25-14-18(28-10-12-29-13-11-28)16-4-6-17(22)7-5-16/h4-7,15,18H,8-14H2,1-3H3,(H2,23,24,25). The molecule has 1 unspecified atom stereocenters. The van der Waals surface area contributed by atoms with Gasteiger partial charge in [-0.25, -0.2) is 4.39 Å². The van der Waals surface area contributed by atoms with Crippen LogP contribution in [0.1, 0.15) is 43.1 Å². The summed E-state index contributed by atoms with van der Waals surface area (Å²) >= 11 is 0. The minimum absolute atomic E-state index is 0.0950. The van der Waals surface area contributed by atoms with Crippen LogP contribution in [0.15, 0.2) is 33.8 Å². The first-order valence-electron chi connectivity index (χ1n) is 10.4. The summed E-state index contributed by atoms with van der Waals surface area (Å²) in [4.78, 5) is 11.0. The summed E-state index contributed by atoms with van der Waals surface area (Å²) in [7, 11) is 1.74. The molecule has 1 aromatic carbocycles. The van der Waals surface area contributed by atoms with Crippen molar-refractivity contribution in [2.75, 3.05) is 46.4 Å². The predicted molar refractivity (Wildman–Crippen MR) is 113 cm³/mol. The first-order chi connectivity index (χ1) is 14.6. The average molecular weight is 419 g/mol. The summed E-state index contributed by atoms with van der Waals surface area (Å²) in [5.74, 6) is 2.04. The fraction of sp³-hybridized carbons (Fsp3) is 0.571. The highest BCUT2D eigenvalue weighted by Gasteiger charge is 2.23. The Balaban J connectivity index is 1.54. The molecular weight excluding hydrogens is 387 g/mol. The maximum absolute atomic E-state index is 13.4. The number of rotatable bonds is 8. The van der Waals surface area contributed by atoms with Crippen LogP contribution in [-0.2, 0) is 11.2 Å². The SMILES string of the molecule is CN=C(NCCc1nc(C(C)C)no1)NCC(c1ccc(F)cc1)N1CCOCC1. The summed E-state index contributed by atoms with van der Waals surface area (Å²) in [6, 6.07) is 6.79. The molecule has 164 valence electrons. The van der Waals surface area contributed by atoms with Crippen molar-refractivity contribution in [1.82, 2.24) is 25.7 Å².